The summed E-state index contributed by atoms with van der Waals surface area (Å²) < 4.78 is 5.44. The predicted molar refractivity (Wildman–Crippen MR) is 97.9 cm³/mol. The fourth-order valence-corrected chi connectivity index (χ4v) is 3.24. The van der Waals surface area contributed by atoms with Gasteiger partial charge < -0.3 is 9.64 Å². The molecule has 0 aliphatic carbocycles. The van der Waals surface area contributed by atoms with Crippen LogP contribution in [-0.2, 0) is 16.0 Å². The molecule has 3 rings (SSSR count). The summed E-state index contributed by atoms with van der Waals surface area (Å²) in [6.07, 6.45) is -0.0116. The lowest BCUT2D eigenvalue weighted by Gasteiger charge is -2.26. The number of esters is 1. The molecule has 2 aromatic rings. The minimum absolute atomic E-state index is 0.0627. The minimum atomic E-state index is -0.831. The number of ether oxygens (including phenoxy) is 1. The zero-order chi connectivity index (χ0) is 18.1. The molecule has 1 heterocycles. The van der Waals surface area contributed by atoms with Crippen molar-refractivity contribution in [3.63, 3.8) is 0 Å². The highest BCUT2D eigenvalue weighted by molar-refractivity contribution is 6.01. The van der Waals surface area contributed by atoms with Crippen LogP contribution in [0.1, 0.15) is 40.9 Å². The van der Waals surface area contributed by atoms with E-state index in [0.29, 0.717) is 5.56 Å². The van der Waals surface area contributed by atoms with Gasteiger partial charge in [-0.3, -0.25) is 4.79 Å². The van der Waals surface area contributed by atoms with Gasteiger partial charge in [-0.05, 0) is 69.0 Å². The number of para-hydroxylation sites is 1. The van der Waals surface area contributed by atoms with Crippen LogP contribution < -0.4 is 4.90 Å². The van der Waals surface area contributed by atoms with Gasteiger partial charge in [-0.1, -0.05) is 24.3 Å². The Kier molecular flexibility index (Phi) is 4.62. The molecule has 130 valence electrons. The number of fused-ring (bicyclic) bond motifs is 1. The highest BCUT2D eigenvalue weighted by Gasteiger charge is 2.34. The zero-order valence-corrected chi connectivity index (χ0v) is 15.1. The molecule has 0 fully saturated rings. The first-order valence-electron chi connectivity index (χ1n) is 8.57. The van der Waals surface area contributed by atoms with Crippen molar-refractivity contribution in [1.82, 2.24) is 0 Å². The molecule has 0 unspecified atom stereocenters. The van der Waals surface area contributed by atoms with E-state index >= 15 is 0 Å². The molecule has 0 spiro atoms. The van der Waals surface area contributed by atoms with E-state index in [1.807, 2.05) is 51.1 Å². The minimum Gasteiger partial charge on any atom is -0.449 e. The van der Waals surface area contributed by atoms with Crippen molar-refractivity contribution >= 4 is 17.6 Å². The first kappa shape index (κ1) is 17.2. The van der Waals surface area contributed by atoms with E-state index in [1.165, 1.54) is 0 Å². The molecule has 4 nitrogen and oxygen atoms in total. The van der Waals surface area contributed by atoms with Crippen LogP contribution in [0, 0.1) is 13.8 Å². The number of benzene rings is 2. The molecule has 2 atom stereocenters. The normalized spacial score (nSPS) is 17.1. The third-order valence-electron chi connectivity index (χ3n) is 4.82. The molecule has 2 aromatic carbocycles. The van der Waals surface area contributed by atoms with Gasteiger partial charge in [0.15, 0.2) is 6.10 Å². The van der Waals surface area contributed by atoms with Gasteiger partial charge in [-0.2, -0.15) is 0 Å². The van der Waals surface area contributed by atoms with Gasteiger partial charge in [0, 0.05) is 11.7 Å². The third-order valence-corrected chi connectivity index (χ3v) is 4.82. The fourth-order valence-electron chi connectivity index (χ4n) is 3.24. The highest BCUT2D eigenvalue weighted by atomic mass is 16.5. The van der Waals surface area contributed by atoms with Gasteiger partial charge in [0.1, 0.15) is 0 Å². The van der Waals surface area contributed by atoms with Gasteiger partial charge in [-0.15, -0.1) is 0 Å². The second-order valence-electron chi connectivity index (χ2n) is 6.74. The Hall–Kier alpha value is -2.62. The Morgan fingerprint density at radius 3 is 2.56 bits per heavy atom. The van der Waals surface area contributed by atoms with Crippen LogP contribution in [0.5, 0.6) is 0 Å². The number of carbonyl (C=O) groups is 2. The van der Waals surface area contributed by atoms with Crippen LogP contribution in [0.15, 0.2) is 42.5 Å². The van der Waals surface area contributed by atoms with Gasteiger partial charge in [-0.25, -0.2) is 4.79 Å². The number of rotatable bonds is 3. The average Bonchev–Trinajstić information content (AvgIpc) is 2.92. The Morgan fingerprint density at radius 1 is 1.12 bits per heavy atom. The number of amides is 1. The van der Waals surface area contributed by atoms with Crippen molar-refractivity contribution in [1.29, 1.82) is 0 Å². The Balaban J connectivity index is 1.75. The lowest BCUT2D eigenvalue weighted by atomic mass is 10.1. The number of hydrogen-bond acceptors (Lipinski definition) is 3. The second kappa shape index (κ2) is 6.71. The molecule has 0 saturated carbocycles. The maximum absolute atomic E-state index is 12.9. The Bertz CT molecular complexity index is 828. The first-order valence-corrected chi connectivity index (χ1v) is 8.57. The summed E-state index contributed by atoms with van der Waals surface area (Å²) in [6, 6.07) is 13.3. The van der Waals surface area contributed by atoms with Crippen molar-refractivity contribution in [2.24, 2.45) is 0 Å². The topological polar surface area (TPSA) is 46.6 Å². The number of anilines is 1. The Morgan fingerprint density at radius 2 is 1.84 bits per heavy atom. The van der Waals surface area contributed by atoms with Crippen LogP contribution in [-0.4, -0.2) is 24.0 Å². The van der Waals surface area contributed by atoms with E-state index < -0.39 is 12.1 Å². The largest absolute Gasteiger partial charge is 0.449 e. The average molecular weight is 337 g/mol. The van der Waals surface area contributed by atoms with Crippen molar-refractivity contribution in [2.75, 3.05) is 4.90 Å². The molecule has 1 amide bonds. The molecule has 1 aliphatic rings. The van der Waals surface area contributed by atoms with E-state index in [0.717, 1.165) is 28.8 Å². The number of hydrogen-bond donors (Lipinski definition) is 0. The fraction of sp³-hybridized carbons (Fsp3) is 0.333. The molecule has 0 bridgehead atoms. The van der Waals surface area contributed by atoms with Gasteiger partial charge in [0.2, 0.25) is 0 Å². The quantitative estimate of drug-likeness (QED) is 0.800. The van der Waals surface area contributed by atoms with Gasteiger partial charge >= 0.3 is 5.97 Å². The van der Waals surface area contributed by atoms with E-state index in [2.05, 4.69) is 0 Å². The monoisotopic (exact) mass is 337 g/mol. The molecule has 0 radical (unpaired) electrons. The van der Waals surface area contributed by atoms with E-state index in [4.69, 9.17) is 4.74 Å². The molecule has 0 saturated heterocycles. The number of nitrogens with zero attached hydrogens (tertiary/aromatic N) is 1. The van der Waals surface area contributed by atoms with Crippen molar-refractivity contribution in [3.8, 4) is 0 Å². The highest BCUT2D eigenvalue weighted by Crippen LogP contribution is 2.32. The van der Waals surface area contributed by atoms with Crippen LogP contribution in [0.4, 0.5) is 5.69 Å². The van der Waals surface area contributed by atoms with Crippen LogP contribution in [0.25, 0.3) is 0 Å². The third kappa shape index (κ3) is 3.29. The van der Waals surface area contributed by atoms with Gasteiger partial charge in [0.25, 0.3) is 5.91 Å². The lowest BCUT2D eigenvalue weighted by molar-refractivity contribution is -0.126. The summed E-state index contributed by atoms with van der Waals surface area (Å²) in [5, 5.41) is 0. The Labute approximate surface area is 148 Å². The number of carbonyl (C=O) groups excluding carboxylic acids is 2. The predicted octanol–water partition coefficient (Wildman–Crippen LogP) is 3.83. The van der Waals surface area contributed by atoms with Crippen LogP contribution >= 0.6 is 0 Å². The molecule has 4 heteroatoms. The van der Waals surface area contributed by atoms with E-state index in [1.54, 1.807) is 24.0 Å². The van der Waals surface area contributed by atoms with E-state index in [9.17, 15) is 9.59 Å². The standard InChI is InChI=1S/C21H23NO3/c1-13-9-10-18(11-14(13)2)21(24)25-16(4)20(23)22-15(3)12-17-7-5-6-8-19(17)22/h5-11,15-16H,12H2,1-4H3/t15-,16-/m0/s1. The summed E-state index contributed by atoms with van der Waals surface area (Å²) in [4.78, 5) is 27.0. The molecular formula is C21H23NO3. The maximum atomic E-state index is 12.9. The van der Waals surface area contributed by atoms with Crippen molar-refractivity contribution in [2.45, 2.75) is 46.3 Å². The summed E-state index contributed by atoms with van der Waals surface area (Å²) in [5.74, 6) is -0.654. The summed E-state index contributed by atoms with van der Waals surface area (Å²) in [7, 11) is 0. The molecule has 0 N–H and O–H groups in total. The molecule has 0 aromatic heterocycles. The maximum Gasteiger partial charge on any atom is 0.338 e. The summed E-state index contributed by atoms with van der Waals surface area (Å²) >= 11 is 0. The first-order chi connectivity index (χ1) is 11.9. The van der Waals surface area contributed by atoms with Gasteiger partial charge in [0.05, 0.1) is 5.56 Å². The smallest absolute Gasteiger partial charge is 0.338 e. The lowest BCUT2D eigenvalue weighted by Crippen LogP contribution is -2.43. The van der Waals surface area contributed by atoms with Crippen LogP contribution in [0.2, 0.25) is 0 Å². The molecule has 25 heavy (non-hydrogen) atoms. The SMILES string of the molecule is Cc1ccc(C(=O)O[C@@H](C)C(=O)N2c3ccccc3C[C@@H]2C)cc1C. The molecule has 1 aliphatic heterocycles. The van der Waals surface area contributed by atoms with Crippen LogP contribution in [0.3, 0.4) is 0 Å². The van der Waals surface area contributed by atoms with Crippen molar-refractivity contribution in [3.05, 3.63) is 64.7 Å². The van der Waals surface area contributed by atoms with E-state index in [-0.39, 0.29) is 11.9 Å². The second-order valence-corrected chi connectivity index (χ2v) is 6.74. The summed E-state index contributed by atoms with van der Waals surface area (Å²) in [6.45, 7) is 7.58. The number of aryl methyl sites for hydroxylation is 2. The molecular weight excluding hydrogens is 314 g/mol. The summed E-state index contributed by atoms with van der Waals surface area (Å²) in [5.41, 5.74) is 4.67. The zero-order valence-electron chi connectivity index (χ0n) is 15.1. The van der Waals surface area contributed by atoms with Crippen molar-refractivity contribution < 1.29 is 14.3 Å².